The standard InChI is InChI=1S/C25H26ClN3O4/c26-19-8-9-20-21(16-29(17-23(30)31)22(20)15-19)24(25(32)33)28-13-11-27(12-14-28)10-4-7-18-5-2-1-3-6-18/h1-9,15-16,24H,10-14,17H2,(H,30,31)(H,32,33)/b7-4+/t24-/m0/s1. The van der Waals surface area contributed by atoms with Crippen molar-refractivity contribution in [1.82, 2.24) is 14.4 Å². The molecule has 2 aromatic carbocycles. The monoisotopic (exact) mass is 467 g/mol. The summed E-state index contributed by atoms with van der Waals surface area (Å²) in [6, 6.07) is 14.4. The number of carboxylic acids is 2. The molecule has 1 fully saturated rings. The number of aliphatic carboxylic acids is 2. The highest BCUT2D eigenvalue weighted by Crippen LogP contribution is 2.33. The number of hydrogen-bond donors (Lipinski definition) is 2. The van der Waals surface area contributed by atoms with Crippen molar-refractivity contribution < 1.29 is 19.8 Å². The van der Waals surface area contributed by atoms with E-state index in [4.69, 9.17) is 11.6 Å². The van der Waals surface area contributed by atoms with Gasteiger partial charge in [-0.15, -0.1) is 0 Å². The van der Waals surface area contributed by atoms with Gasteiger partial charge in [0.15, 0.2) is 0 Å². The van der Waals surface area contributed by atoms with E-state index in [0.717, 1.165) is 25.2 Å². The molecule has 1 saturated heterocycles. The van der Waals surface area contributed by atoms with Gasteiger partial charge in [0.05, 0.1) is 5.52 Å². The lowest BCUT2D eigenvalue weighted by atomic mass is 10.0. The highest BCUT2D eigenvalue weighted by molar-refractivity contribution is 6.31. The van der Waals surface area contributed by atoms with E-state index >= 15 is 0 Å². The van der Waals surface area contributed by atoms with E-state index in [0.29, 0.717) is 34.6 Å². The van der Waals surface area contributed by atoms with E-state index in [1.165, 1.54) is 0 Å². The van der Waals surface area contributed by atoms with Gasteiger partial charge in [-0.1, -0.05) is 60.2 Å². The van der Waals surface area contributed by atoms with Gasteiger partial charge in [-0.3, -0.25) is 19.4 Å². The SMILES string of the molecule is O=C(O)Cn1cc([C@@H](C(=O)O)N2CCN(C/C=C/c3ccccc3)CC2)c2ccc(Cl)cc21. The minimum atomic E-state index is -0.998. The third-order valence-corrected chi connectivity index (χ3v) is 6.19. The predicted octanol–water partition coefficient (Wildman–Crippen LogP) is 3.84. The summed E-state index contributed by atoms with van der Waals surface area (Å²) < 4.78 is 1.56. The van der Waals surface area contributed by atoms with E-state index in [9.17, 15) is 19.8 Å². The Labute approximate surface area is 197 Å². The van der Waals surface area contributed by atoms with E-state index in [2.05, 4.69) is 29.2 Å². The molecule has 2 heterocycles. The molecular formula is C25H26ClN3O4. The molecule has 7 nitrogen and oxygen atoms in total. The number of fused-ring (bicyclic) bond motifs is 1. The van der Waals surface area contributed by atoms with Crippen LogP contribution in [-0.2, 0) is 16.1 Å². The number of carboxylic acid groups (broad SMARTS) is 2. The Hall–Kier alpha value is -3.13. The summed E-state index contributed by atoms with van der Waals surface area (Å²) in [6.45, 7) is 3.26. The quantitative estimate of drug-likeness (QED) is 0.523. The lowest BCUT2D eigenvalue weighted by Gasteiger charge is -2.37. The average molecular weight is 468 g/mol. The molecule has 0 spiro atoms. The summed E-state index contributed by atoms with van der Waals surface area (Å²) in [4.78, 5) is 27.9. The van der Waals surface area contributed by atoms with Crippen LogP contribution in [0, 0.1) is 0 Å². The van der Waals surface area contributed by atoms with Crippen molar-refractivity contribution in [2.75, 3.05) is 32.7 Å². The van der Waals surface area contributed by atoms with Crippen molar-refractivity contribution in [3.63, 3.8) is 0 Å². The summed E-state index contributed by atoms with van der Waals surface area (Å²) in [7, 11) is 0. The van der Waals surface area contributed by atoms with Crippen molar-refractivity contribution in [1.29, 1.82) is 0 Å². The lowest BCUT2D eigenvalue weighted by molar-refractivity contribution is -0.144. The molecule has 4 rings (SSSR count). The second-order valence-corrected chi connectivity index (χ2v) is 8.59. The van der Waals surface area contributed by atoms with Crippen molar-refractivity contribution in [3.8, 4) is 0 Å². The van der Waals surface area contributed by atoms with Gasteiger partial charge in [0.25, 0.3) is 0 Å². The molecule has 8 heteroatoms. The fourth-order valence-electron chi connectivity index (χ4n) is 4.38. The summed E-state index contributed by atoms with van der Waals surface area (Å²) in [5.41, 5.74) is 2.36. The van der Waals surface area contributed by atoms with Gasteiger partial charge in [0.2, 0.25) is 0 Å². The number of carbonyl (C=O) groups is 2. The van der Waals surface area contributed by atoms with Crippen LogP contribution in [0.1, 0.15) is 17.2 Å². The molecule has 0 saturated carbocycles. The van der Waals surface area contributed by atoms with Crippen molar-refractivity contribution in [2.45, 2.75) is 12.6 Å². The molecule has 2 N–H and O–H groups in total. The first kappa shape index (κ1) is 23.0. The largest absolute Gasteiger partial charge is 0.480 e. The molecule has 1 aliphatic heterocycles. The minimum absolute atomic E-state index is 0.259. The zero-order valence-electron chi connectivity index (χ0n) is 18.1. The van der Waals surface area contributed by atoms with Gasteiger partial charge in [-0.05, 0) is 17.7 Å². The number of nitrogens with zero attached hydrogens (tertiary/aromatic N) is 3. The molecule has 1 aliphatic rings. The van der Waals surface area contributed by atoms with E-state index in [-0.39, 0.29) is 6.54 Å². The fraction of sp³-hybridized carbons (Fsp3) is 0.280. The average Bonchev–Trinajstić information content (AvgIpc) is 3.12. The molecule has 3 aromatic rings. The van der Waals surface area contributed by atoms with Gasteiger partial charge in [0, 0.05) is 54.9 Å². The Morgan fingerprint density at radius 2 is 1.76 bits per heavy atom. The lowest BCUT2D eigenvalue weighted by Crippen LogP contribution is -2.49. The molecule has 0 amide bonds. The number of hydrogen-bond acceptors (Lipinski definition) is 4. The van der Waals surface area contributed by atoms with Gasteiger partial charge in [0.1, 0.15) is 12.6 Å². The highest BCUT2D eigenvalue weighted by Gasteiger charge is 2.32. The summed E-state index contributed by atoms with van der Waals surface area (Å²) in [5, 5.41) is 20.6. The molecule has 0 radical (unpaired) electrons. The molecule has 33 heavy (non-hydrogen) atoms. The number of halogens is 1. The smallest absolute Gasteiger partial charge is 0.325 e. The van der Waals surface area contributed by atoms with E-state index < -0.39 is 18.0 Å². The molecule has 0 unspecified atom stereocenters. The van der Waals surface area contributed by atoms with Crippen LogP contribution < -0.4 is 0 Å². The maximum atomic E-state index is 12.3. The van der Waals surface area contributed by atoms with Crippen LogP contribution in [0.5, 0.6) is 0 Å². The third kappa shape index (κ3) is 5.45. The Balaban J connectivity index is 1.50. The second-order valence-electron chi connectivity index (χ2n) is 8.16. The van der Waals surface area contributed by atoms with Crippen LogP contribution in [0.3, 0.4) is 0 Å². The minimum Gasteiger partial charge on any atom is -0.480 e. The van der Waals surface area contributed by atoms with Gasteiger partial charge >= 0.3 is 11.9 Å². The first-order chi connectivity index (χ1) is 15.9. The summed E-state index contributed by atoms with van der Waals surface area (Å²) in [6.07, 6.45) is 5.86. The van der Waals surface area contributed by atoms with Crippen LogP contribution in [0.4, 0.5) is 0 Å². The van der Waals surface area contributed by atoms with E-state index in [1.807, 2.05) is 23.1 Å². The topological polar surface area (TPSA) is 86.0 Å². The molecule has 0 aliphatic carbocycles. The van der Waals surface area contributed by atoms with Gasteiger partial charge in [-0.25, -0.2) is 0 Å². The number of benzene rings is 2. The summed E-state index contributed by atoms with van der Waals surface area (Å²) in [5.74, 6) is -1.95. The first-order valence-electron chi connectivity index (χ1n) is 10.8. The predicted molar refractivity (Wildman–Crippen MR) is 128 cm³/mol. The van der Waals surface area contributed by atoms with Crippen LogP contribution in [0.2, 0.25) is 5.02 Å². The van der Waals surface area contributed by atoms with Crippen LogP contribution in [-0.4, -0.2) is 69.2 Å². The Morgan fingerprint density at radius 3 is 2.42 bits per heavy atom. The maximum Gasteiger partial charge on any atom is 0.325 e. The first-order valence-corrected chi connectivity index (χ1v) is 11.2. The van der Waals surface area contributed by atoms with Gasteiger partial charge in [-0.2, -0.15) is 0 Å². The fourth-order valence-corrected chi connectivity index (χ4v) is 4.55. The second kappa shape index (κ2) is 10.2. The maximum absolute atomic E-state index is 12.3. The number of piperazine rings is 1. The molecule has 1 atom stereocenters. The number of aromatic nitrogens is 1. The molecular weight excluding hydrogens is 442 g/mol. The Kier molecular flexibility index (Phi) is 7.13. The van der Waals surface area contributed by atoms with Crippen LogP contribution in [0.15, 0.2) is 60.8 Å². The Bertz CT molecular complexity index is 1170. The molecule has 172 valence electrons. The molecule has 0 bridgehead atoms. The highest BCUT2D eigenvalue weighted by atomic mass is 35.5. The van der Waals surface area contributed by atoms with Crippen LogP contribution >= 0.6 is 11.6 Å². The van der Waals surface area contributed by atoms with Gasteiger partial charge < -0.3 is 14.8 Å². The zero-order chi connectivity index (χ0) is 23.4. The van der Waals surface area contributed by atoms with Crippen molar-refractivity contribution in [3.05, 3.63) is 77.0 Å². The zero-order valence-corrected chi connectivity index (χ0v) is 18.9. The van der Waals surface area contributed by atoms with Crippen molar-refractivity contribution >= 4 is 40.5 Å². The third-order valence-electron chi connectivity index (χ3n) is 5.95. The molecule has 1 aromatic heterocycles. The summed E-state index contributed by atoms with van der Waals surface area (Å²) >= 11 is 6.13. The normalized spacial score (nSPS) is 16.4. The number of rotatable bonds is 8. The Morgan fingerprint density at radius 1 is 1.03 bits per heavy atom. The van der Waals surface area contributed by atoms with E-state index in [1.54, 1.807) is 29.0 Å². The van der Waals surface area contributed by atoms with Crippen LogP contribution in [0.25, 0.3) is 17.0 Å². The van der Waals surface area contributed by atoms with Crippen molar-refractivity contribution in [2.24, 2.45) is 0 Å².